The van der Waals surface area contributed by atoms with Crippen molar-refractivity contribution in [2.45, 2.75) is 52.2 Å². The average molecular weight is 184 g/mol. The molecule has 0 amide bonds. The fourth-order valence-electron chi connectivity index (χ4n) is 3.67. The highest BCUT2D eigenvalue weighted by Crippen LogP contribution is 2.69. The molecular formula is C11H20O2. The summed E-state index contributed by atoms with van der Waals surface area (Å²) < 4.78 is 0. The second-order valence-corrected chi connectivity index (χ2v) is 5.91. The van der Waals surface area contributed by atoms with Gasteiger partial charge in [-0.25, -0.2) is 0 Å². The lowest BCUT2D eigenvalue weighted by Gasteiger charge is -2.43. The van der Waals surface area contributed by atoms with Crippen LogP contribution in [0.3, 0.4) is 0 Å². The molecule has 0 spiro atoms. The Morgan fingerprint density at radius 2 is 1.62 bits per heavy atom. The van der Waals surface area contributed by atoms with Crippen molar-refractivity contribution in [1.29, 1.82) is 0 Å². The third kappa shape index (κ3) is 0.816. The zero-order valence-electron chi connectivity index (χ0n) is 8.96. The van der Waals surface area contributed by atoms with Gasteiger partial charge in [0, 0.05) is 5.41 Å². The Balaban J connectivity index is 2.48. The number of aliphatic hydroxyl groups is 2. The van der Waals surface area contributed by atoms with Gasteiger partial charge < -0.3 is 10.2 Å². The van der Waals surface area contributed by atoms with Crippen LogP contribution in [0, 0.1) is 16.7 Å². The van der Waals surface area contributed by atoms with Crippen molar-refractivity contribution >= 4 is 0 Å². The van der Waals surface area contributed by atoms with Crippen LogP contribution in [0.5, 0.6) is 0 Å². The van der Waals surface area contributed by atoms with Gasteiger partial charge in [-0.3, -0.25) is 0 Å². The van der Waals surface area contributed by atoms with Crippen LogP contribution in [0.2, 0.25) is 0 Å². The summed E-state index contributed by atoms with van der Waals surface area (Å²) in [5.41, 5.74) is -0.652. The molecule has 76 valence electrons. The van der Waals surface area contributed by atoms with Gasteiger partial charge in [0.05, 0.1) is 11.7 Å². The van der Waals surface area contributed by atoms with E-state index in [-0.39, 0.29) is 22.9 Å². The van der Waals surface area contributed by atoms with Crippen LogP contribution in [0.25, 0.3) is 0 Å². The van der Waals surface area contributed by atoms with E-state index in [0.717, 1.165) is 12.8 Å². The summed E-state index contributed by atoms with van der Waals surface area (Å²) in [6, 6.07) is 0. The maximum atomic E-state index is 10.3. The van der Waals surface area contributed by atoms with E-state index in [0.29, 0.717) is 0 Å². The third-order valence-electron chi connectivity index (χ3n) is 5.24. The molecule has 0 radical (unpaired) electrons. The van der Waals surface area contributed by atoms with Gasteiger partial charge in [-0.05, 0) is 31.1 Å². The fraction of sp³-hybridized carbons (Fsp3) is 1.00. The Kier molecular flexibility index (Phi) is 1.54. The van der Waals surface area contributed by atoms with Gasteiger partial charge in [0.25, 0.3) is 0 Å². The van der Waals surface area contributed by atoms with Gasteiger partial charge in [0.1, 0.15) is 0 Å². The molecule has 0 aromatic rings. The van der Waals surface area contributed by atoms with Crippen molar-refractivity contribution in [2.24, 2.45) is 16.7 Å². The van der Waals surface area contributed by atoms with Crippen LogP contribution < -0.4 is 0 Å². The zero-order chi connectivity index (χ0) is 10.1. The van der Waals surface area contributed by atoms with E-state index in [9.17, 15) is 10.2 Å². The summed E-state index contributed by atoms with van der Waals surface area (Å²) in [7, 11) is 0. The number of rotatable bonds is 0. The first-order valence-electron chi connectivity index (χ1n) is 5.13. The summed E-state index contributed by atoms with van der Waals surface area (Å²) >= 11 is 0. The molecule has 2 saturated carbocycles. The van der Waals surface area contributed by atoms with Crippen molar-refractivity contribution < 1.29 is 10.2 Å². The monoisotopic (exact) mass is 184 g/mol. The number of hydrogen-bond donors (Lipinski definition) is 2. The molecule has 2 aliphatic carbocycles. The lowest BCUT2D eigenvalue weighted by atomic mass is 9.65. The maximum Gasteiger partial charge on any atom is 0.0683 e. The van der Waals surface area contributed by atoms with Crippen LogP contribution >= 0.6 is 0 Å². The highest BCUT2D eigenvalue weighted by atomic mass is 16.3. The van der Waals surface area contributed by atoms with Crippen LogP contribution in [0.15, 0.2) is 0 Å². The molecule has 0 aromatic heterocycles. The van der Waals surface area contributed by atoms with Gasteiger partial charge in [0.15, 0.2) is 0 Å². The molecule has 0 heterocycles. The molecule has 0 aliphatic heterocycles. The van der Waals surface area contributed by atoms with Crippen molar-refractivity contribution in [3.05, 3.63) is 0 Å². The fourth-order valence-corrected chi connectivity index (χ4v) is 3.67. The van der Waals surface area contributed by atoms with E-state index >= 15 is 0 Å². The third-order valence-corrected chi connectivity index (χ3v) is 5.24. The van der Waals surface area contributed by atoms with E-state index in [1.54, 1.807) is 0 Å². The Labute approximate surface area is 80.0 Å². The average Bonchev–Trinajstić information content (AvgIpc) is 2.17. The van der Waals surface area contributed by atoms with E-state index < -0.39 is 5.60 Å². The number of hydrogen-bond acceptors (Lipinski definition) is 2. The van der Waals surface area contributed by atoms with Gasteiger partial charge in [-0.2, -0.15) is 0 Å². The van der Waals surface area contributed by atoms with Crippen molar-refractivity contribution in [3.8, 4) is 0 Å². The van der Waals surface area contributed by atoms with E-state index in [1.165, 1.54) is 0 Å². The SMILES string of the molecule is CC1(C)[C@H]2C[C@@](C)(O)[C@@]1(C)C[C@@H]2O. The number of aliphatic hydroxyl groups excluding tert-OH is 1. The van der Waals surface area contributed by atoms with E-state index in [1.807, 2.05) is 6.92 Å². The minimum absolute atomic E-state index is 0.0654. The standard InChI is InChI=1S/C11H20O2/c1-9(2)7-5-11(4,13)10(9,3)6-8(7)12/h7-8,12-13H,5-6H2,1-4H3/t7-,8-,10-,11+/m0/s1. The minimum Gasteiger partial charge on any atom is -0.393 e. The molecule has 2 aliphatic rings. The molecule has 2 nitrogen and oxygen atoms in total. The van der Waals surface area contributed by atoms with E-state index in [4.69, 9.17) is 0 Å². The molecule has 2 bridgehead atoms. The quantitative estimate of drug-likeness (QED) is 0.599. The predicted molar refractivity (Wildman–Crippen MR) is 51.2 cm³/mol. The first-order valence-corrected chi connectivity index (χ1v) is 5.13. The first kappa shape index (κ1) is 9.47. The molecule has 0 unspecified atom stereocenters. The molecule has 2 fully saturated rings. The van der Waals surface area contributed by atoms with Crippen molar-refractivity contribution in [3.63, 3.8) is 0 Å². The minimum atomic E-state index is -0.597. The molecule has 13 heavy (non-hydrogen) atoms. The van der Waals surface area contributed by atoms with Gasteiger partial charge in [0.2, 0.25) is 0 Å². The Morgan fingerprint density at radius 1 is 1.08 bits per heavy atom. The predicted octanol–water partition coefficient (Wildman–Crippen LogP) is 1.55. The summed E-state index contributed by atoms with van der Waals surface area (Å²) in [5, 5.41) is 20.1. The summed E-state index contributed by atoms with van der Waals surface area (Å²) in [4.78, 5) is 0. The molecule has 0 saturated heterocycles. The summed E-state index contributed by atoms with van der Waals surface area (Å²) in [6.45, 7) is 8.38. The second-order valence-electron chi connectivity index (χ2n) is 5.91. The van der Waals surface area contributed by atoms with Crippen LogP contribution in [0.4, 0.5) is 0 Å². The first-order chi connectivity index (χ1) is 5.72. The highest BCUT2D eigenvalue weighted by Gasteiger charge is 2.69. The van der Waals surface area contributed by atoms with Crippen LogP contribution in [-0.4, -0.2) is 21.9 Å². The highest BCUT2D eigenvalue weighted by molar-refractivity contribution is 5.19. The largest absolute Gasteiger partial charge is 0.393 e. The van der Waals surface area contributed by atoms with Gasteiger partial charge in [-0.1, -0.05) is 20.8 Å². The molecule has 2 N–H and O–H groups in total. The van der Waals surface area contributed by atoms with Crippen molar-refractivity contribution in [1.82, 2.24) is 0 Å². The van der Waals surface area contributed by atoms with E-state index in [2.05, 4.69) is 20.8 Å². The molecular weight excluding hydrogens is 164 g/mol. The molecule has 0 aromatic carbocycles. The van der Waals surface area contributed by atoms with Gasteiger partial charge >= 0.3 is 0 Å². The lowest BCUT2D eigenvalue weighted by molar-refractivity contribution is -0.0885. The summed E-state index contributed by atoms with van der Waals surface area (Å²) in [5.74, 6) is 0.271. The number of fused-ring (bicyclic) bond motifs is 2. The normalized spacial score (nSPS) is 58.6. The van der Waals surface area contributed by atoms with Crippen LogP contribution in [-0.2, 0) is 0 Å². The Hall–Kier alpha value is -0.0800. The zero-order valence-corrected chi connectivity index (χ0v) is 8.96. The summed E-state index contributed by atoms with van der Waals surface area (Å²) in [6.07, 6.45) is 1.29. The smallest absolute Gasteiger partial charge is 0.0683 e. The molecule has 4 atom stereocenters. The molecule has 2 heteroatoms. The second kappa shape index (κ2) is 2.12. The lowest BCUT2D eigenvalue weighted by Crippen LogP contribution is -2.45. The molecule has 2 rings (SSSR count). The Morgan fingerprint density at radius 3 is 1.85 bits per heavy atom. The van der Waals surface area contributed by atoms with Crippen molar-refractivity contribution in [2.75, 3.05) is 0 Å². The van der Waals surface area contributed by atoms with Crippen LogP contribution in [0.1, 0.15) is 40.5 Å². The van der Waals surface area contributed by atoms with Gasteiger partial charge in [-0.15, -0.1) is 0 Å². The topological polar surface area (TPSA) is 40.5 Å². The Bertz CT molecular complexity index is 244. The maximum absolute atomic E-state index is 10.3.